The summed E-state index contributed by atoms with van der Waals surface area (Å²) in [6.45, 7) is 5.70. The van der Waals surface area contributed by atoms with E-state index in [1.165, 1.54) is 7.11 Å². The Bertz CT molecular complexity index is 429. The highest BCUT2D eigenvalue weighted by atomic mass is 35.5. The lowest BCUT2D eigenvalue weighted by Gasteiger charge is -2.31. The largest absolute Gasteiger partial charge is 0.465 e. The van der Waals surface area contributed by atoms with Crippen molar-refractivity contribution < 1.29 is 14.6 Å². The van der Waals surface area contributed by atoms with Crippen molar-refractivity contribution in [3.8, 4) is 0 Å². The number of benzene rings is 1. The maximum absolute atomic E-state index is 11.7. The molecule has 0 unspecified atom stereocenters. The van der Waals surface area contributed by atoms with Crippen LogP contribution in [0.5, 0.6) is 0 Å². The Morgan fingerprint density at radius 1 is 1.32 bits per heavy atom. The summed E-state index contributed by atoms with van der Waals surface area (Å²) in [5, 5.41) is 10.2. The van der Waals surface area contributed by atoms with Crippen LogP contribution in [-0.4, -0.2) is 24.3 Å². The fourth-order valence-corrected chi connectivity index (χ4v) is 1.79. The van der Waals surface area contributed by atoms with E-state index in [0.717, 1.165) is 0 Å². The third-order valence-corrected chi connectivity index (χ3v) is 2.95. The topological polar surface area (TPSA) is 72.5 Å². The number of esters is 1. The van der Waals surface area contributed by atoms with Gasteiger partial charge in [0.05, 0.1) is 24.8 Å². The first-order chi connectivity index (χ1) is 8.29. The summed E-state index contributed by atoms with van der Waals surface area (Å²) in [5.74, 6) is -0.442. The Hall–Kier alpha value is -1.10. The van der Waals surface area contributed by atoms with Gasteiger partial charge in [0.1, 0.15) is 0 Å². The van der Waals surface area contributed by atoms with Crippen molar-refractivity contribution in [3.63, 3.8) is 0 Å². The van der Waals surface area contributed by atoms with Crippen LogP contribution < -0.4 is 5.73 Å². The van der Waals surface area contributed by atoms with Gasteiger partial charge in [-0.3, -0.25) is 0 Å². The molecule has 4 nitrogen and oxygen atoms in total. The molecule has 108 valence electrons. The lowest BCUT2D eigenvalue weighted by atomic mass is 9.81. The first-order valence-corrected chi connectivity index (χ1v) is 5.90. The number of hydrogen-bond acceptors (Lipinski definition) is 4. The van der Waals surface area contributed by atoms with E-state index in [4.69, 9.17) is 10.5 Å². The lowest BCUT2D eigenvalue weighted by molar-refractivity contribution is 0.0390. The van der Waals surface area contributed by atoms with Crippen LogP contribution in [0.3, 0.4) is 0 Å². The van der Waals surface area contributed by atoms with Crippen LogP contribution in [-0.2, 0) is 4.74 Å². The predicted octanol–water partition coefficient (Wildman–Crippen LogP) is 2.30. The van der Waals surface area contributed by atoms with Crippen LogP contribution in [0.4, 0.5) is 0 Å². The highest BCUT2D eigenvalue weighted by Gasteiger charge is 2.31. The zero-order valence-corrected chi connectivity index (χ0v) is 12.5. The Morgan fingerprint density at radius 3 is 2.32 bits per heavy atom. The van der Waals surface area contributed by atoms with Crippen LogP contribution in [0.15, 0.2) is 24.3 Å². The fourth-order valence-electron chi connectivity index (χ4n) is 1.79. The molecule has 0 aliphatic rings. The van der Waals surface area contributed by atoms with Crippen molar-refractivity contribution in [3.05, 3.63) is 35.4 Å². The van der Waals surface area contributed by atoms with Gasteiger partial charge < -0.3 is 15.6 Å². The van der Waals surface area contributed by atoms with Crippen LogP contribution in [0.2, 0.25) is 0 Å². The summed E-state index contributed by atoms with van der Waals surface area (Å²) in [5.41, 5.74) is 6.70. The number of carbonyl (C=O) groups is 1. The Morgan fingerprint density at radius 2 is 1.84 bits per heavy atom. The molecule has 0 fully saturated rings. The molecular formula is C14H22ClNO3. The minimum atomic E-state index is -0.747. The minimum absolute atomic E-state index is 0. The van der Waals surface area contributed by atoms with Gasteiger partial charge in [0.15, 0.2) is 0 Å². The summed E-state index contributed by atoms with van der Waals surface area (Å²) in [6, 6.07) is 6.30. The Balaban J connectivity index is 0.00000324. The van der Waals surface area contributed by atoms with Gasteiger partial charge in [-0.05, 0) is 17.0 Å². The predicted molar refractivity (Wildman–Crippen MR) is 77.4 cm³/mol. The van der Waals surface area contributed by atoms with Gasteiger partial charge in [0, 0.05) is 0 Å². The quantitative estimate of drug-likeness (QED) is 0.837. The summed E-state index contributed by atoms with van der Waals surface area (Å²) in [6.07, 6.45) is -0.747. The number of halogens is 1. The normalized spacial score (nSPS) is 14.2. The van der Waals surface area contributed by atoms with Crippen molar-refractivity contribution >= 4 is 18.4 Å². The Labute approximate surface area is 120 Å². The number of nitrogens with two attached hydrogens (primary N) is 1. The van der Waals surface area contributed by atoms with E-state index in [2.05, 4.69) is 0 Å². The number of hydrogen-bond donors (Lipinski definition) is 2. The molecule has 0 saturated heterocycles. The highest BCUT2D eigenvalue weighted by Crippen LogP contribution is 2.30. The number of aliphatic hydroxyl groups is 1. The maximum atomic E-state index is 11.7. The van der Waals surface area contributed by atoms with E-state index in [1.807, 2.05) is 20.8 Å². The zero-order valence-electron chi connectivity index (χ0n) is 11.7. The second-order valence-corrected chi connectivity index (χ2v) is 5.42. The number of rotatable bonds is 3. The third kappa shape index (κ3) is 4.20. The molecule has 0 saturated carbocycles. The van der Waals surface area contributed by atoms with Crippen molar-refractivity contribution in [2.45, 2.75) is 32.9 Å². The van der Waals surface area contributed by atoms with E-state index in [1.54, 1.807) is 24.3 Å². The third-order valence-electron chi connectivity index (χ3n) is 2.95. The zero-order chi connectivity index (χ0) is 13.9. The standard InChI is InChI=1S/C14H21NO3.ClH/c1-14(2,3)12(16)11(15)9-7-5-6-8-10(9)13(17)18-4;/h5-8,11-12,16H,15H2,1-4H3;1H/t11-,12-;/m1./s1. The van der Waals surface area contributed by atoms with Crippen LogP contribution in [0, 0.1) is 5.41 Å². The summed E-state index contributed by atoms with van der Waals surface area (Å²) < 4.78 is 4.72. The van der Waals surface area contributed by atoms with E-state index >= 15 is 0 Å². The fraction of sp³-hybridized carbons (Fsp3) is 0.500. The van der Waals surface area contributed by atoms with E-state index in [9.17, 15) is 9.90 Å². The molecule has 0 aliphatic carbocycles. The minimum Gasteiger partial charge on any atom is -0.465 e. The van der Waals surface area contributed by atoms with Gasteiger partial charge in [0.25, 0.3) is 0 Å². The number of carbonyl (C=O) groups excluding carboxylic acids is 1. The molecule has 0 amide bonds. The van der Waals surface area contributed by atoms with E-state index < -0.39 is 18.1 Å². The average molecular weight is 288 g/mol. The first kappa shape index (κ1) is 17.9. The number of aliphatic hydroxyl groups excluding tert-OH is 1. The molecule has 0 aliphatic heterocycles. The molecule has 2 atom stereocenters. The SMILES string of the molecule is COC(=O)c1ccccc1[C@@H](N)[C@@H](O)C(C)(C)C.Cl. The van der Waals surface area contributed by atoms with Gasteiger partial charge in [-0.1, -0.05) is 39.0 Å². The van der Waals surface area contributed by atoms with Gasteiger partial charge in [0.2, 0.25) is 0 Å². The van der Waals surface area contributed by atoms with Gasteiger partial charge in [-0.25, -0.2) is 4.79 Å². The van der Waals surface area contributed by atoms with Crippen molar-refractivity contribution in [1.29, 1.82) is 0 Å². The van der Waals surface area contributed by atoms with Gasteiger partial charge in [-0.2, -0.15) is 0 Å². The summed E-state index contributed by atoms with van der Waals surface area (Å²) in [4.78, 5) is 11.7. The second-order valence-electron chi connectivity index (χ2n) is 5.42. The highest BCUT2D eigenvalue weighted by molar-refractivity contribution is 5.91. The van der Waals surface area contributed by atoms with Crippen molar-refractivity contribution in [2.24, 2.45) is 11.1 Å². The van der Waals surface area contributed by atoms with Crippen LogP contribution in [0.25, 0.3) is 0 Å². The summed E-state index contributed by atoms with van der Waals surface area (Å²) in [7, 11) is 1.32. The molecule has 0 bridgehead atoms. The van der Waals surface area contributed by atoms with Crippen molar-refractivity contribution in [2.75, 3.05) is 7.11 Å². The Kier molecular flexibility index (Phi) is 6.49. The van der Waals surface area contributed by atoms with Gasteiger partial charge in [-0.15, -0.1) is 12.4 Å². The van der Waals surface area contributed by atoms with Crippen LogP contribution >= 0.6 is 12.4 Å². The molecule has 1 aromatic rings. The first-order valence-electron chi connectivity index (χ1n) is 5.90. The molecule has 1 rings (SSSR count). The van der Waals surface area contributed by atoms with Gasteiger partial charge >= 0.3 is 5.97 Å². The smallest absolute Gasteiger partial charge is 0.338 e. The van der Waals surface area contributed by atoms with Crippen molar-refractivity contribution in [1.82, 2.24) is 0 Å². The molecule has 5 heteroatoms. The van der Waals surface area contributed by atoms with E-state index in [0.29, 0.717) is 11.1 Å². The van der Waals surface area contributed by atoms with E-state index in [-0.39, 0.29) is 17.8 Å². The van der Waals surface area contributed by atoms with Crippen LogP contribution in [0.1, 0.15) is 42.7 Å². The molecular weight excluding hydrogens is 266 g/mol. The molecule has 19 heavy (non-hydrogen) atoms. The number of ether oxygens (including phenoxy) is 1. The number of methoxy groups -OCH3 is 1. The molecule has 0 heterocycles. The maximum Gasteiger partial charge on any atom is 0.338 e. The average Bonchev–Trinajstić information content (AvgIpc) is 2.35. The molecule has 0 aromatic heterocycles. The molecule has 0 spiro atoms. The monoisotopic (exact) mass is 287 g/mol. The molecule has 1 aromatic carbocycles. The molecule has 0 radical (unpaired) electrons. The molecule has 3 N–H and O–H groups in total. The second kappa shape index (κ2) is 6.89. The lowest BCUT2D eigenvalue weighted by Crippen LogP contribution is -2.37. The summed E-state index contributed by atoms with van der Waals surface area (Å²) >= 11 is 0.